The zero-order valence-corrected chi connectivity index (χ0v) is 20.8. The number of halogens is 1. The van der Waals surface area contributed by atoms with Crippen LogP contribution in [0.2, 0.25) is 0 Å². The number of ether oxygens (including phenoxy) is 3. The van der Waals surface area contributed by atoms with Crippen molar-refractivity contribution >= 4 is 35.6 Å². The van der Waals surface area contributed by atoms with Gasteiger partial charge in [-0.3, -0.25) is 0 Å². The molecular formula is C23H33IN4O3. The van der Waals surface area contributed by atoms with Crippen LogP contribution in [0.15, 0.2) is 47.5 Å². The molecule has 2 N–H and O–H groups in total. The molecule has 0 saturated carbocycles. The summed E-state index contributed by atoms with van der Waals surface area (Å²) >= 11 is 0. The molecule has 170 valence electrons. The van der Waals surface area contributed by atoms with Gasteiger partial charge in [0, 0.05) is 31.9 Å². The Morgan fingerprint density at radius 2 is 1.65 bits per heavy atom. The van der Waals surface area contributed by atoms with E-state index in [0.717, 1.165) is 50.1 Å². The largest absolute Gasteiger partial charge is 0.493 e. The van der Waals surface area contributed by atoms with Crippen molar-refractivity contribution in [3.05, 3.63) is 53.6 Å². The van der Waals surface area contributed by atoms with Crippen LogP contribution < -0.4 is 25.0 Å². The summed E-state index contributed by atoms with van der Waals surface area (Å²) in [5, 5.41) is 6.70. The summed E-state index contributed by atoms with van der Waals surface area (Å²) in [7, 11) is 3.28. The van der Waals surface area contributed by atoms with E-state index in [1.165, 1.54) is 11.3 Å². The molecule has 2 aromatic carbocycles. The molecule has 3 rings (SSSR count). The summed E-state index contributed by atoms with van der Waals surface area (Å²) in [6.45, 7) is 7.61. The van der Waals surface area contributed by atoms with Crippen molar-refractivity contribution in [2.24, 2.45) is 4.99 Å². The lowest BCUT2D eigenvalue weighted by Crippen LogP contribution is -2.37. The van der Waals surface area contributed by atoms with E-state index in [4.69, 9.17) is 19.2 Å². The summed E-state index contributed by atoms with van der Waals surface area (Å²) in [5.41, 5.74) is 3.51. The average Bonchev–Trinajstić information content (AvgIpc) is 2.81. The van der Waals surface area contributed by atoms with E-state index >= 15 is 0 Å². The molecule has 0 amide bonds. The molecule has 0 aromatic heterocycles. The topological polar surface area (TPSA) is 67.4 Å². The number of nitrogens with zero attached hydrogens (tertiary/aromatic N) is 2. The van der Waals surface area contributed by atoms with Gasteiger partial charge in [-0.25, -0.2) is 4.99 Å². The Hall–Kier alpha value is -2.20. The first-order valence-electron chi connectivity index (χ1n) is 10.4. The second kappa shape index (κ2) is 13.3. The zero-order chi connectivity index (χ0) is 21.2. The third-order valence-electron chi connectivity index (χ3n) is 4.98. The molecule has 0 atom stereocenters. The monoisotopic (exact) mass is 540 g/mol. The van der Waals surface area contributed by atoms with Crippen molar-refractivity contribution in [3.63, 3.8) is 0 Å². The molecule has 1 fully saturated rings. The van der Waals surface area contributed by atoms with Gasteiger partial charge in [0.05, 0.1) is 34.0 Å². The minimum atomic E-state index is 0. The molecule has 2 aromatic rings. The number of morpholine rings is 1. The number of anilines is 1. The molecule has 1 heterocycles. The smallest absolute Gasteiger partial charge is 0.191 e. The number of nitrogens with one attached hydrogen (secondary N) is 2. The highest BCUT2D eigenvalue weighted by Crippen LogP contribution is 2.27. The maximum atomic E-state index is 5.43. The number of benzene rings is 2. The van der Waals surface area contributed by atoms with E-state index < -0.39 is 0 Å². The molecule has 31 heavy (non-hydrogen) atoms. The fraction of sp³-hybridized carbons (Fsp3) is 0.435. The average molecular weight is 540 g/mol. The number of hydrogen-bond acceptors (Lipinski definition) is 5. The predicted octanol–water partition coefficient (Wildman–Crippen LogP) is 3.41. The third-order valence-corrected chi connectivity index (χ3v) is 4.98. The number of hydrogen-bond donors (Lipinski definition) is 2. The minimum Gasteiger partial charge on any atom is -0.493 e. The summed E-state index contributed by atoms with van der Waals surface area (Å²) in [6.07, 6.45) is 0. The Balaban J connectivity index is 0.00000341. The maximum Gasteiger partial charge on any atom is 0.191 e. The normalized spacial score (nSPS) is 13.9. The Kier molecular flexibility index (Phi) is 10.7. The van der Waals surface area contributed by atoms with Crippen LogP contribution >= 0.6 is 24.0 Å². The first-order chi connectivity index (χ1) is 14.7. The van der Waals surface area contributed by atoms with Crippen molar-refractivity contribution in [2.45, 2.75) is 20.0 Å². The van der Waals surface area contributed by atoms with E-state index in [1.54, 1.807) is 14.2 Å². The van der Waals surface area contributed by atoms with Crippen molar-refractivity contribution in [1.29, 1.82) is 0 Å². The number of guanidine groups is 1. The lowest BCUT2D eigenvalue weighted by molar-refractivity contribution is 0.122. The predicted molar refractivity (Wildman–Crippen MR) is 136 cm³/mol. The van der Waals surface area contributed by atoms with Crippen molar-refractivity contribution in [3.8, 4) is 11.5 Å². The highest BCUT2D eigenvalue weighted by Gasteiger charge is 2.11. The third kappa shape index (κ3) is 7.46. The van der Waals surface area contributed by atoms with E-state index in [0.29, 0.717) is 18.8 Å². The summed E-state index contributed by atoms with van der Waals surface area (Å²) in [4.78, 5) is 7.05. The van der Waals surface area contributed by atoms with E-state index in [1.807, 2.05) is 18.2 Å². The van der Waals surface area contributed by atoms with Crippen LogP contribution in [-0.4, -0.2) is 53.0 Å². The van der Waals surface area contributed by atoms with Crippen LogP contribution in [0.5, 0.6) is 11.5 Å². The van der Waals surface area contributed by atoms with Crippen LogP contribution in [0.3, 0.4) is 0 Å². The first-order valence-corrected chi connectivity index (χ1v) is 10.4. The lowest BCUT2D eigenvalue weighted by Gasteiger charge is -2.28. The van der Waals surface area contributed by atoms with Gasteiger partial charge in [0.2, 0.25) is 0 Å². The van der Waals surface area contributed by atoms with Crippen LogP contribution in [0.1, 0.15) is 18.1 Å². The molecule has 1 saturated heterocycles. The van der Waals surface area contributed by atoms with Crippen LogP contribution in [0.4, 0.5) is 5.69 Å². The van der Waals surface area contributed by atoms with Crippen LogP contribution in [0.25, 0.3) is 0 Å². The molecule has 1 aliphatic heterocycles. The van der Waals surface area contributed by atoms with Gasteiger partial charge >= 0.3 is 0 Å². The quantitative estimate of drug-likeness (QED) is 0.304. The number of aliphatic imine (C=N–C) groups is 1. The standard InChI is InChI=1S/C23H32N4O3.HI/c1-4-24-23(26-17-19-7-10-21(28-2)22(15-19)29-3)25-16-18-5-8-20(9-6-18)27-11-13-30-14-12-27;/h5-10,15H,4,11-14,16-17H2,1-3H3,(H2,24,25,26);1H. The van der Waals surface area contributed by atoms with Gasteiger partial charge in [-0.2, -0.15) is 0 Å². The molecule has 0 spiro atoms. The molecule has 0 unspecified atom stereocenters. The summed E-state index contributed by atoms with van der Waals surface area (Å²) in [5.74, 6) is 2.21. The second-order valence-corrected chi connectivity index (χ2v) is 7.00. The fourth-order valence-corrected chi connectivity index (χ4v) is 3.32. The van der Waals surface area contributed by atoms with Gasteiger partial charge in [-0.15, -0.1) is 24.0 Å². The number of methoxy groups -OCH3 is 2. The molecular weight excluding hydrogens is 507 g/mol. The van der Waals surface area contributed by atoms with Gasteiger partial charge in [-0.1, -0.05) is 18.2 Å². The van der Waals surface area contributed by atoms with E-state index in [2.05, 4.69) is 46.7 Å². The molecule has 7 nitrogen and oxygen atoms in total. The van der Waals surface area contributed by atoms with Gasteiger partial charge in [0.25, 0.3) is 0 Å². The Morgan fingerprint density at radius 1 is 0.968 bits per heavy atom. The highest BCUT2D eigenvalue weighted by molar-refractivity contribution is 14.0. The SMILES string of the molecule is CCNC(=NCc1ccc(OC)c(OC)c1)NCc1ccc(N2CCOCC2)cc1.I. The second-order valence-electron chi connectivity index (χ2n) is 7.00. The Morgan fingerprint density at radius 3 is 2.29 bits per heavy atom. The highest BCUT2D eigenvalue weighted by atomic mass is 127. The molecule has 8 heteroatoms. The van der Waals surface area contributed by atoms with Crippen LogP contribution in [0, 0.1) is 0 Å². The van der Waals surface area contributed by atoms with Crippen molar-refractivity contribution in [2.75, 3.05) is 52.0 Å². The molecule has 0 aliphatic carbocycles. The zero-order valence-electron chi connectivity index (χ0n) is 18.5. The molecule has 1 aliphatic rings. The van der Waals surface area contributed by atoms with E-state index in [-0.39, 0.29) is 24.0 Å². The Bertz CT molecular complexity index is 824. The molecule has 0 radical (unpaired) electrons. The van der Waals surface area contributed by atoms with Gasteiger partial charge < -0.3 is 29.7 Å². The van der Waals surface area contributed by atoms with Crippen molar-refractivity contribution < 1.29 is 14.2 Å². The van der Waals surface area contributed by atoms with Crippen molar-refractivity contribution in [1.82, 2.24) is 10.6 Å². The maximum absolute atomic E-state index is 5.43. The van der Waals surface area contributed by atoms with Gasteiger partial charge in [-0.05, 0) is 42.3 Å². The fourth-order valence-electron chi connectivity index (χ4n) is 3.32. The first kappa shape index (κ1) is 25.1. The van der Waals surface area contributed by atoms with Gasteiger partial charge in [0.1, 0.15) is 0 Å². The van der Waals surface area contributed by atoms with Gasteiger partial charge in [0.15, 0.2) is 17.5 Å². The molecule has 0 bridgehead atoms. The Labute approximate surface area is 202 Å². The summed E-state index contributed by atoms with van der Waals surface area (Å²) in [6, 6.07) is 14.5. The van der Waals surface area contributed by atoms with E-state index in [9.17, 15) is 0 Å². The minimum absolute atomic E-state index is 0. The lowest BCUT2D eigenvalue weighted by atomic mass is 10.2. The van der Waals surface area contributed by atoms with Crippen LogP contribution in [-0.2, 0) is 17.8 Å². The number of rotatable bonds is 8. The summed E-state index contributed by atoms with van der Waals surface area (Å²) < 4.78 is 16.1.